The van der Waals surface area contributed by atoms with Gasteiger partial charge in [0, 0.05) is 12.2 Å². The van der Waals surface area contributed by atoms with Gasteiger partial charge < -0.3 is 15.7 Å². The Balaban J connectivity index is 2.23. The van der Waals surface area contributed by atoms with Crippen LogP contribution in [0.25, 0.3) is 0 Å². The second-order valence-electron chi connectivity index (χ2n) is 4.66. The maximum Gasteiger partial charge on any atom is 0.259 e. The summed E-state index contributed by atoms with van der Waals surface area (Å²) in [6.07, 6.45) is 0. The maximum absolute atomic E-state index is 12.2. The predicted molar refractivity (Wildman–Crippen MR) is 80.0 cm³/mol. The first-order valence-electron chi connectivity index (χ1n) is 6.45. The molecule has 2 aromatic carbocycles. The van der Waals surface area contributed by atoms with E-state index in [4.69, 9.17) is 0 Å². The Morgan fingerprint density at radius 1 is 1.20 bits per heavy atom. The SMILES string of the molecule is CNCc1ccccc1NC(=O)c1ccc(C)cc1O. The molecule has 0 radical (unpaired) electrons. The van der Waals surface area contributed by atoms with Crippen LogP contribution in [0.15, 0.2) is 42.5 Å². The summed E-state index contributed by atoms with van der Waals surface area (Å²) in [4.78, 5) is 12.2. The first-order valence-corrected chi connectivity index (χ1v) is 6.45. The fraction of sp³-hybridized carbons (Fsp3) is 0.188. The number of aromatic hydroxyl groups is 1. The van der Waals surface area contributed by atoms with Gasteiger partial charge in [-0.25, -0.2) is 0 Å². The number of amides is 1. The van der Waals surface area contributed by atoms with Gasteiger partial charge in [0.05, 0.1) is 5.56 Å². The normalized spacial score (nSPS) is 10.3. The number of hydrogen-bond donors (Lipinski definition) is 3. The fourth-order valence-corrected chi connectivity index (χ4v) is 2.01. The third-order valence-electron chi connectivity index (χ3n) is 3.03. The molecule has 0 heterocycles. The van der Waals surface area contributed by atoms with Crippen LogP contribution in [0.3, 0.4) is 0 Å². The first kappa shape index (κ1) is 14.1. The summed E-state index contributed by atoms with van der Waals surface area (Å²) >= 11 is 0. The number of nitrogens with one attached hydrogen (secondary N) is 2. The maximum atomic E-state index is 12.2. The van der Waals surface area contributed by atoms with Crippen molar-refractivity contribution in [1.29, 1.82) is 0 Å². The van der Waals surface area contributed by atoms with Crippen molar-refractivity contribution >= 4 is 11.6 Å². The van der Waals surface area contributed by atoms with Crippen molar-refractivity contribution in [2.45, 2.75) is 13.5 Å². The van der Waals surface area contributed by atoms with Gasteiger partial charge in [-0.05, 0) is 43.3 Å². The molecule has 2 aromatic rings. The second kappa shape index (κ2) is 6.21. The Morgan fingerprint density at radius 2 is 1.95 bits per heavy atom. The molecule has 0 spiro atoms. The predicted octanol–water partition coefficient (Wildman–Crippen LogP) is 2.67. The molecule has 0 fully saturated rings. The molecule has 20 heavy (non-hydrogen) atoms. The average molecular weight is 270 g/mol. The highest BCUT2D eigenvalue weighted by molar-refractivity contribution is 6.06. The number of rotatable bonds is 4. The van der Waals surface area contributed by atoms with E-state index in [0.29, 0.717) is 6.54 Å². The molecule has 2 rings (SSSR count). The van der Waals surface area contributed by atoms with Crippen molar-refractivity contribution in [3.63, 3.8) is 0 Å². The highest BCUT2D eigenvalue weighted by Gasteiger charge is 2.12. The van der Waals surface area contributed by atoms with Gasteiger partial charge in [-0.2, -0.15) is 0 Å². The smallest absolute Gasteiger partial charge is 0.259 e. The Bertz CT molecular complexity index is 624. The van der Waals surface area contributed by atoms with E-state index in [0.717, 1.165) is 16.8 Å². The molecule has 0 aromatic heterocycles. The van der Waals surface area contributed by atoms with Crippen LogP contribution in [-0.4, -0.2) is 18.1 Å². The third kappa shape index (κ3) is 3.16. The van der Waals surface area contributed by atoms with Gasteiger partial charge in [-0.3, -0.25) is 4.79 Å². The van der Waals surface area contributed by atoms with Crippen LogP contribution in [0.1, 0.15) is 21.5 Å². The van der Waals surface area contributed by atoms with Gasteiger partial charge in [-0.15, -0.1) is 0 Å². The van der Waals surface area contributed by atoms with Gasteiger partial charge in [0.1, 0.15) is 5.75 Å². The summed E-state index contributed by atoms with van der Waals surface area (Å²) in [7, 11) is 1.85. The van der Waals surface area contributed by atoms with Crippen LogP contribution in [0.4, 0.5) is 5.69 Å². The molecule has 1 amide bonds. The van der Waals surface area contributed by atoms with E-state index in [2.05, 4.69) is 10.6 Å². The van der Waals surface area contributed by atoms with Crippen LogP contribution in [0, 0.1) is 6.92 Å². The van der Waals surface area contributed by atoms with E-state index >= 15 is 0 Å². The van der Waals surface area contributed by atoms with Crippen molar-refractivity contribution in [1.82, 2.24) is 5.32 Å². The van der Waals surface area contributed by atoms with Crippen molar-refractivity contribution in [2.75, 3.05) is 12.4 Å². The molecule has 0 unspecified atom stereocenters. The van der Waals surface area contributed by atoms with E-state index in [1.54, 1.807) is 18.2 Å². The van der Waals surface area contributed by atoms with E-state index in [9.17, 15) is 9.90 Å². The van der Waals surface area contributed by atoms with Gasteiger partial charge >= 0.3 is 0 Å². The minimum absolute atomic E-state index is 0.00593. The standard InChI is InChI=1S/C16H18N2O2/c1-11-7-8-13(15(19)9-11)16(20)18-14-6-4-3-5-12(14)10-17-2/h3-9,17,19H,10H2,1-2H3,(H,18,20). The molecular weight excluding hydrogens is 252 g/mol. The third-order valence-corrected chi connectivity index (χ3v) is 3.03. The number of para-hydroxylation sites is 1. The zero-order valence-electron chi connectivity index (χ0n) is 11.6. The summed E-state index contributed by atoms with van der Waals surface area (Å²) in [6, 6.07) is 12.6. The molecular formula is C16H18N2O2. The molecule has 0 aliphatic carbocycles. The molecule has 3 N–H and O–H groups in total. The molecule has 0 aliphatic heterocycles. The minimum atomic E-state index is -0.314. The lowest BCUT2D eigenvalue weighted by Gasteiger charge is -2.11. The number of phenols is 1. The lowest BCUT2D eigenvalue weighted by molar-refractivity contribution is 0.102. The Hall–Kier alpha value is -2.33. The Labute approximate surface area is 118 Å². The number of aryl methyl sites for hydroxylation is 1. The number of hydrogen-bond acceptors (Lipinski definition) is 3. The second-order valence-corrected chi connectivity index (χ2v) is 4.66. The zero-order valence-corrected chi connectivity index (χ0v) is 11.6. The Kier molecular flexibility index (Phi) is 4.38. The lowest BCUT2D eigenvalue weighted by atomic mass is 10.1. The first-order chi connectivity index (χ1) is 9.61. The van der Waals surface area contributed by atoms with E-state index in [1.807, 2.05) is 38.2 Å². The van der Waals surface area contributed by atoms with Crippen molar-refractivity contribution in [3.05, 3.63) is 59.2 Å². The summed E-state index contributed by atoms with van der Waals surface area (Å²) in [6.45, 7) is 2.53. The van der Waals surface area contributed by atoms with Crippen molar-refractivity contribution < 1.29 is 9.90 Å². The van der Waals surface area contributed by atoms with Crippen molar-refractivity contribution in [2.24, 2.45) is 0 Å². The highest BCUT2D eigenvalue weighted by Crippen LogP contribution is 2.21. The topological polar surface area (TPSA) is 61.4 Å². The zero-order chi connectivity index (χ0) is 14.5. The van der Waals surface area contributed by atoms with Crippen LogP contribution in [0.2, 0.25) is 0 Å². The number of carbonyl (C=O) groups excluding carboxylic acids is 1. The molecule has 0 saturated carbocycles. The number of phenolic OH excluding ortho intramolecular Hbond substituents is 1. The molecule has 0 aliphatic rings. The van der Waals surface area contributed by atoms with Crippen molar-refractivity contribution in [3.8, 4) is 5.75 Å². The molecule has 0 bridgehead atoms. The van der Waals surface area contributed by atoms with Crippen LogP contribution < -0.4 is 10.6 Å². The molecule has 4 nitrogen and oxygen atoms in total. The summed E-state index contributed by atoms with van der Waals surface area (Å²) < 4.78 is 0. The van der Waals surface area contributed by atoms with E-state index in [-0.39, 0.29) is 17.2 Å². The molecule has 0 atom stereocenters. The molecule has 104 valence electrons. The quantitative estimate of drug-likeness (QED) is 0.800. The van der Waals surface area contributed by atoms with Gasteiger partial charge in [0.2, 0.25) is 0 Å². The minimum Gasteiger partial charge on any atom is -0.507 e. The van der Waals surface area contributed by atoms with E-state index in [1.165, 1.54) is 0 Å². The van der Waals surface area contributed by atoms with Gasteiger partial charge in [0.15, 0.2) is 0 Å². The number of carbonyl (C=O) groups is 1. The summed E-state index contributed by atoms with van der Waals surface area (Å²) in [5.41, 5.74) is 2.92. The van der Waals surface area contributed by atoms with E-state index < -0.39 is 0 Å². The summed E-state index contributed by atoms with van der Waals surface area (Å²) in [5.74, 6) is -0.320. The molecule has 4 heteroatoms. The molecule has 0 saturated heterocycles. The summed E-state index contributed by atoms with van der Waals surface area (Å²) in [5, 5.41) is 15.7. The number of anilines is 1. The lowest BCUT2D eigenvalue weighted by Crippen LogP contribution is -2.15. The largest absolute Gasteiger partial charge is 0.507 e. The fourth-order valence-electron chi connectivity index (χ4n) is 2.01. The van der Waals surface area contributed by atoms with Crippen LogP contribution >= 0.6 is 0 Å². The van der Waals surface area contributed by atoms with Crippen LogP contribution in [0.5, 0.6) is 5.75 Å². The van der Waals surface area contributed by atoms with Crippen LogP contribution in [-0.2, 0) is 6.54 Å². The average Bonchev–Trinajstić information content (AvgIpc) is 2.41. The van der Waals surface area contributed by atoms with Gasteiger partial charge in [-0.1, -0.05) is 24.3 Å². The monoisotopic (exact) mass is 270 g/mol. The number of benzene rings is 2. The highest BCUT2D eigenvalue weighted by atomic mass is 16.3. The van der Waals surface area contributed by atoms with Gasteiger partial charge in [0.25, 0.3) is 5.91 Å². The Morgan fingerprint density at radius 3 is 2.65 bits per heavy atom.